The Bertz CT molecular complexity index is 439. The number of carbonyl (C=O) groups excluding carboxylic acids is 2. The molecule has 0 heterocycles. The maximum absolute atomic E-state index is 11.0. The van der Waals surface area contributed by atoms with Crippen molar-refractivity contribution in [1.82, 2.24) is 5.48 Å². The molecule has 0 atom stereocenters. The monoisotopic (exact) mass is 278 g/mol. The van der Waals surface area contributed by atoms with Gasteiger partial charge >= 0.3 is 12.1 Å². The number of anilines is 1. The first-order valence-electron chi connectivity index (χ1n) is 4.36. The molecule has 0 spiro atoms. The van der Waals surface area contributed by atoms with E-state index in [1.165, 1.54) is 6.07 Å². The first-order valence-corrected chi connectivity index (χ1v) is 5.12. The van der Waals surface area contributed by atoms with Crippen LogP contribution >= 0.6 is 23.2 Å². The first-order chi connectivity index (χ1) is 8.02. The minimum absolute atomic E-state index is 0.298. The van der Waals surface area contributed by atoms with Gasteiger partial charge in [0.1, 0.15) is 6.54 Å². The molecule has 1 rings (SSSR count). The molecular formula is C9H8Cl2N2O4. The second kappa shape index (κ2) is 6.29. The van der Waals surface area contributed by atoms with Gasteiger partial charge in [-0.1, -0.05) is 23.2 Å². The van der Waals surface area contributed by atoms with Crippen molar-refractivity contribution in [2.45, 2.75) is 0 Å². The Balaban J connectivity index is 2.53. The molecule has 1 amide bonds. The van der Waals surface area contributed by atoms with Crippen molar-refractivity contribution in [3.8, 4) is 0 Å². The average Bonchev–Trinajstić information content (AvgIpc) is 2.30. The van der Waals surface area contributed by atoms with Gasteiger partial charge in [-0.05, 0) is 18.2 Å². The number of ether oxygens (including phenoxy) is 1. The molecule has 0 saturated carbocycles. The lowest BCUT2D eigenvalue weighted by Crippen LogP contribution is -2.27. The molecule has 92 valence electrons. The summed E-state index contributed by atoms with van der Waals surface area (Å²) in [6, 6.07) is 4.66. The SMILES string of the molecule is O=C(CNc1cc(Cl)ccc1Cl)OC(=O)NO. The van der Waals surface area contributed by atoms with Crippen LogP contribution < -0.4 is 10.8 Å². The van der Waals surface area contributed by atoms with E-state index in [4.69, 9.17) is 28.4 Å². The van der Waals surface area contributed by atoms with Gasteiger partial charge in [0.25, 0.3) is 0 Å². The van der Waals surface area contributed by atoms with Gasteiger partial charge in [0.15, 0.2) is 0 Å². The van der Waals surface area contributed by atoms with Crippen molar-refractivity contribution in [2.75, 3.05) is 11.9 Å². The molecule has 0 fully saturated rings. The van der Waals surface area contributed by atoms with Crippen molar-refractivity contribution in [3.05, 3.63) is 28.2 Å². The Morgan fingerprint density at radius 1 is 1.35 bits per heavy atom. The zero-order valence-corrected chi connectivity index (χ0v) is 9.88. The molecule has 17 heavy (non-hydrogen) atoms. The Kier molecular flexibility index (Phi) is 5.02. The summed E-state index contributed by atoms with van der Waals surface area (Å²) in [4.78, 5) is 21.5. The summed E-state index contributed by atoms with van der Waals surface area (Å²) in [6.07, 6.45) is -1.26. The molecule has 0 radical (unpaired) electrons. The fourth-order valence-electron chi connectivity index (χ4n) is 0.963. The predicted molar refractivity (Wildman–Crippen MR) is 61.4 cm³/mol. The molecule has 0 bridgehead atoms. The van der Waals surface area contributed by atoms with Crippen molar-refractivity contribution in [1.29, 1.82) is 0 Å². The molecular weight excluding hydrogens is 271 g/mol. The molecule has 0 aliphatic heterocycles. The molecule has 0 saturated heterocycles. The predicted octanol–water partition coefficient (Wildman–Crippen LogP) is 2.05. The number of hydrogen-bond acceptors (Lipinski definition) is 5. The van der Waals surface area contributed by atoms with E-state index in [1.54, 1.807) is 12.1 Å². The Hall–Kier alpha value is -1.50. The third-order valence-corrected chi connectivity index (χ3v) is 2.21. The summed E-state index contributed by atoms with van der Waals surface area (Å²) >= 11 is 11.5. The molecule has 8 heteroatoms. The van der Waals surface area contributed by atoms with Crippen LogP contribution in [0.5, 0.6) is 0 Å². The number of nitrogens with one attached hydrogen (secondary N) is 2. The van der Waals surface area contributed by atoms with Crippen LogP contribution in [0.1, 0.15) is 0 Å². The molecule has 6 nitrogen and oxygen atoms in total. The number of hydroxylamine groups is 1. The van der Waals surface area contributed by atoms with E-state index in [0.717, 1.165) is 5.48 Å². The van der Waals surface area contributed by atoms with Crippen molar-refractivity contribution < 1.29 is 19.5 Å². The molecule has 0 aliphatic carbocycles. The quantitative estimate of drug-likeness (QED) is 0.341. The van der Waals surface area contributed by atoms with Crippen molar-refractivity contribution in [3.63, 3.8) is 0 Å². The van der Waals surface area contributed by atoms with E-state index in [9.17, 15) is 9.59 Å². The number of carbonyl (C=O) groups is 2. The zero-order valence-electron chi connectivity index (χ0n) is 8.37. The highest BCUT2D eigenvalue weighted by Crippen LogP contribution is 2.25. The van der Waals surface area contributed by atoms with Gasteiger partial charge in [0.05, 0.1) is 10.7 Å². The number of amides is 1. The third kappa shape index (κ3) is 4.48. The Morgan fingerprint density at radius 3 is 2.71 bits per heavy atom. The summed E-state index contributed by atoms with van der Waals surface area (Å²) in [5, 5.41) is 11.6. The largest absolute Gasteiger partial charge is 0.438 e. The van der Waals surface area contributed by atoms with Gasteiger partial charge < -0.3 is 10.1 Å². The summed E-state index contributed by atoms with van der Waals surface area (Å²) in [5.41, 5.74) is 1.59. The second-order valence-corrected chi connectivity index (χ2v) is 3.69. The van der Waals surface area contributed by atoms with E-state index >= 15 is 0 Å². The highest BCUT2D eigenvalue weighted by molar-refractivity contribution is 6.35. The number of rotatable bonds is 3. The molecule has 3 N–H and O–H groups in total. The van der Waals surface area contributed by atoms with Crippen molar-refractivity contribution >= 4 is 41.0 Å². The van der Waals surface area contributed by atoms with Gasteiger partial charge in [-0.3, -0.25) is 5.21 Å². The molecule has 0 unspecified atom stereocenters. The maximum Gasteiger partial charge on any atom is 0.438 e. The lowest BCUT2D eigenvalue weighted by atomic mass is 10.3. The first kappa shape index (κ1) is 13.6. The van der Waals surface area contributed by atoms with E-state index in [0.29, 0.717) is 15.7 Å². The number of benzene rings is 1. The summed E-state index contributed by atoms with van der Waals surface area (Å²) in [7, 11) is 0. The minimum Gasteiger partial charge on any atom is -0.373 e. The van der Waals surface area contributed by atoms with Crippen LogP contribution in [0.2, 0.25) is 10.0 Å². The van der Waals surface area contributed by atoms with Crippen LogP contribution in [-0.4, -0.2) is 23.8 Å². The van der Waals surface area contributed by atoms with Gasteiger partial charge in [0.2, 0.25) is 0 Å². The van der Waals surface area contributed by atoms with E-state index in [2.05, 4.69) is 10.1 Å². The van der Waals surface area contributed by atoms with Gasteiger partial charge in [-0.15, -0.1) is 0 Å². The molecule has 1 aromatic carbocycles. The summed E-state index contributed by atoms with van der Waals surface area (Å²) in [6.45, 7) is -0.298. The average molecular weight is 279 g/mol. The topological polar surface area (TPSA) is 87.7 Å². The standard InChI is InChI=1S/C9H8Cl2N2O4/c10-5-1-2-6(11)7(3-5)12-4-8(14)17-9(15)13-16/h1-3,12,16H,4H2,(H,13,15). The van der Waals surface area contributed by atoms with Crippen LogP contribution in [0.25, 0.3) is 0 Å². The highest BCUT2D eigenvalue weighted by Gasteiger charge is 2.09. The third-order valence-electron chi connectivity index (χ3n) is 1.65. The summed E-state index contributed by atoms with van der Waals surface area (Å²) in [5.74, 6) is -0.882. The number of esters is 1. The van der Waals surface area contributed by atoms with Crippen LogP contribution in [0.4, 0.5) is 10.5 Å². The summed E-state index contributed by atoms with van der Waals surface area (Å²) < 4.78 is 4.11. The highest BCUT2D eigenvalue weighted by atomic mass is 35.5. The minimum atomic E-state index is -1.26. The van der Waals surface area contributed by atoms with E-state index in [-0.39, 0.29) is 6.54 Å². The Labute approximate surface area is 106 Å². The van der Waals surface area contributed by atoms with Crippen LogP contribution in [0.15, 0.2) is 18.2 Å². The zero-order chi connectivity index (χ0) is 12.8. The molecule has 0 aliphatic rings. The smallest absolute Gasteiger partial charge is 0.373 e. The fourth-order valence-corrected chi connectivity index (χ4v) is 1.32. The van der Waals surface area contributed by atoms with Crippen LogP contribution in [0.3, 0.4) is 0 Å². The van der Waals surface area contributed by atoms with E-state index in [1.807, 2.05) is 0 Å². The van der Waals surface area contributed by atoms with Gasteiger partial charge in [-0.2, -0.15) is 0 Å². The normalized spacial score (nSPS) is 9.59. The molecule has 1 aromatic rings. The van der Waals surface area contributed by atoms with E-state index < -0.39 is 12.1 Å². The number of hydrogen-bond donors (Lipinski definition) is 3. The Morgan fingerprint density at radius 2 is 2.06 bits per heavy atom. The second-order valence-electron chi connectivity index (χ2n) is 2.85. The molecule has 0 aromatic heterocycles. The van der Waals surface area contributed by atoms with Gasteiger partial charge in [0, 0.05) is 5.02 Å². The lowest BCUT2D eigenvalue weighted by molar-refractivity contribution is -0.136. The fraction of sp³-hybridized carbons (Fsp3) is 0.111. The van der Waals surface area contributed by atoms with Gasteiger partial charge in [-0.25, -0.2) is 15.1 Å². The number of halogens is 2. The maximum atomic E-state index is 11.0. The van der Waals surface area contributed by atoms with Crippen molar-refractivity contribution in [2.24, 2.45) is 0 Å². The lowest BCUT2D eigenvalue weighted by Gasteiger charge is -2.07. The van der Waals surface area contributed by atoms with Crippen LogP contribution in [-0.2, 0) is 9.53 Å². The van der Waals surface area contributed by atoms with Crippen LogP contribution in [0, 0.1) is 0 Å².